The van der Waals surface area contributed by atoms with E-state index in [4.69, 9.17) is 4.74 Å². The van der Waals surface area contributed by atoms with E-state index >= 15 is 0 Å². The van der Waals surface area contributed by atoms with Crippen molar-refractivity contribution in [3.8, 4) is 0 Å². The zero-order valence-corrected chi connectivity index (χ0v) is 41.8. The molecule has 0 aliphatic rings. The highest BCUT2D eigenvalue weighted by Gasteiger charge is 2.08. The first-order chi connectivity index (χ1) is 29.2. The van der Waals surface area contributed by atoms with Crippen molar-refractivity contribution in [1.82, 2.24) is 19.9 Å². The molecule has 0 radical (unpaired) electrons. The Morgan fingerprint density at radius 1 is 0.400 bits per heavy atom. The summed E-state index contributed by atoms with van der Waals surface area (Å²) in [4.78, 5) is 36.9. The van der Waals surface area contributed by atoms with E-state index in [1.807, 2.05) is 20.8 Å². The van der Waals surface area contributed by atoms with Gasteiger partial charge in [0.25, 0.3) is 0 Å². The Morgan fingerprint density at radius 2 is 0.667 bits per heavy atom. The quantitative estimate of drug-likeness (QED) is 0.0483. The summed E-state index contributed by atoms with van der Waals surface area (Å²) in [5.74, 6) is 2.62. The lowest BCUT2D eigenvalue weighted by Crippen LogP contribution is -2.30. The molecule has 1 rings (SSSR count). The van der Waals surface area contributed by atoms with E-state index in [0.29, 0.717) is 6.61 Å². The molecule has 1 aromatic heterocycles. The van der Waals surface area contributed by atoms with Crippen LogP contribution < -0.4 is 0 Å². The summed E-state index contributed by atoms with van der Waals surface area (Å²) in [6.45, 7) is 18.4. The number of hydrogen-bond donors (Lipinski definition) is 0. The second-order valence-electron chi connectivity index (χ2n) is 17.7. The van der Waals surface area contributed by atoms with Gasteiger partial charge < -0.3 is 9.64 Å². The molecule has 0 aliphatic carbocycles. The summed E-state index contributed by atoms with van der Waals surface area (Å²) < 4.78 is 4.89. The molecule has 7 heteroatoms. The average Bonchev–Trinajstić information content (AvgIpc) is 3.22. The van der Waals surface area contributed by atoms with E-state index in [-0.39, 0.29) is 11.9 Å². The lowest BCUT2D eigenvalue weighted by molar-refractivity contribution is -0.141. The molecule has 0 atom stereocenters. The van der Waals surface area contributed by atoms with Gasteiger partial charge in [-0.3, -0.25) is 9.59 Å². The van der Waals surface area contributed by atoms with E-state index in [1.54, 1.807) is 6.92 Å². The van der Waals surface area contributed by atoms with Crippen LogP contribution in [0.25, 0.3) is 0 Å². The monoisotopic (exact) mass is 845 g/mol. The fourth-order valence-corrected chi connectivity index (χ4v) is 7.71. The molecule has 354 valence electrons. The number of nitrogens with zero attached hydrogens (tertiary/aromatic N) is 4. The average molecular weight is 845 g/mol. The Labute approximate surface area is 375 Å². The fourth-order valence-electron chi connectivity index (χ4n) is 7.71. The second kappa shape index (κ2) is 49.6. The number of amides is 1. The van der Waals surface area contributed by atoms with Crippen LogP contribution in [0.5, 0.6) is 0 Å². The third-order valence-electron chi connectivity index (χ3n) is 11.5. The van der Waals surface area contributed by atoms with Crippen molar-refractivity contribution in [2.24, 2.45) is 0 Å². The Morgan fingerprint density at radius 3 is 0.917 bits per heavy atom. The van der Waals surface area contributed by atoms with E-state index in [1.165, 1.54) is 232 Å². The zero-order chi connectivity index (χ0) is 44.6. The molecule has 0 spiro atoms. The molecule has 0 fully saturated rings. The van der Waals surface area contributed by atoms with Crippen LogP contribution in [0.3, 0.4) is 0 Å². The van der Waals surface area contributed by atoms with Crippen LogP contribution in [0.4, 0.5) is 0 Å². The summed E-state index contributed by atoms with van der Waals surface area (Å²) >= 11 is 0. The minimum Gasteiger partial charge on any atom is -0.466 e. The Balaban J connectivity index is 0. The molecule has 0 aliphatic heterocycles. The minimum atomic E-state index is -0.155. The number of aromatic nitrogens is 3. The Kier molecular flexibility index (Phi) is 49.6. The molecule has 1 amide bonds. The molecule has 1 aromatic rings. The number of hydrogen-bond acceptors (Lipinski definition) is 6. The SMILES string of the molecule is CCCCCCCCCCCCCCCN(CCCCCCCCCCCCCC)C(C)=O.CCCCCCCCCCCCCOC(C)=O.CCc1nc(C)nc(C)n1. The van der Waals surface area contributed by atoms with E-state index in [0.717, 1.165) is 43.4 Å². The smallest absolute Gasteiger partial charge is 0.302 e. The van der Waals surface area contributed by atoms with Gasteiger partial charge in [0.15, 0.2) is 0 Å². The van der Waals surface area contributed by atoms with Crippen LogP contribution in [0.1, 0.15) is 290 Å². The van der Waals surface area contributed by atoms with Gasteiger partial charge in [0.2, 0.25) is 5.91 Å². The molecule has 60 heavy (non-hydrogen) atoms. The largest absolute Gasteiger partial charge is 0.466 e. The maximum atomic E-state index is 12.0. The number of rotatable bonds is 40. The van der Waals surface area contributed by atoms with Gasteiger partial charge in [-0.2, -0.15) is 0 Å². The highest BCUT2D eigenvalue weighted by atomic mass is 16.5. The van der Waals surface area contributed by atoms with Crippen LogP contribution in [-0.2, 0) is 20.7 Å². The number of ether oxygens (including phenoxy) is 1. The van der Waals surface area contributed by atoms with Crippen molar-refractivity contribution in [1.29, 1.82) is 0 Å². The molecule has 0 N–H and O–H groups in total. The minimum absolute atomic E-state index is 0.155. The highest BCUT2D eigenvalue weighted by molar-refractivity contribution is 5.73. The summed E-state index contributed by atoms with van der Waals surface area (Å²) in [6.07, 6.45) is 50.0. The van der Waals surface area contributed by atoms with Crippen LogP contribution in [0, 0.1) is 13.8 Å². The zero-order valence-electron chi connectivity index (χ0n) is 41.8. The first kappa shape index (κ1) is 60.0. The molecule has 0 aromatic carbocycles. The maximum absolute atomic E-state index is 12.0. The van der Waals surface area contributed by atoms with Gasteiger partial charge in [-0.05, 0) is 33.1 Å². The topological polar surface area (TPSA) is 85.3 Å². The van der Waals surface area contributed by atoms with Crippen molar-refractivity contribution in [2.45, 2.75) is 293 Å². The van der Waals surface area contributed by atoms with Gasteiger partial charge in [0, 0.05) is 33.4 Å². The Hall–Kier alpha value is -2.05. The summed E-state index contributed by atoms with van der Waals surface area (Å²) in [6, 6.07) is 0. The fraction of sp³-hybridized carbons (Fsp3) is 0.906. The second-order valence-corrected chi connectivity index (χ2v) is 17.7. The first-order valence-corrected chi connectivity index (χ1v) is 26.3. The van der Waals surface area contributed by atoms with Crippen molar-refractivity contribution in [3.05, 3.63) is 17.5 Å². The number of aryl methyl sites for hydroxylation is 3. The highest BCUT2D eigenvalue weighted by Crippen LogP contribution is 2.15. The van der Waals surface area contributed by atoms with Crippen LogP contribution >= 0.6 is 0 Å². The van der Waals surface area contributed by atoms with Gasteiger partial charge in [-0.25, -0.2) is 15.0 Å². The number of esters is 1. The third-order valence-corrected chi connectivity index (χ3v) is 11.5. The van der Waals surface area contributed by atoms with Crippen LogP contribution in [0.2, 0.25) is 0 Å². The summed E-state index contributed by atoms with van der Waals surface area (Å²) in [5.41, 5.74) is 0. The number of carbonyl (C=O) groups excluding carboxylic acids is 2. The number of unbranched alkanes of at least 4 members (excludes halogenated alkanes) is 33. The van der Waals surface area contributed by atoms with Gasteiger partial charge >= 0.3 is 5.97 Å². The van der Waals surface area contributed by atoms with E-state index in [9.17, 15) is 9.59 Å². The van der Waals surface area contributed by atoms with E-state index in [2.05, 4.69) is 40.6 Å². The maximum Gasteiger partial charge on any atom is 0.302 e. The number of carbonyl (C=O) groups is 2. The molecule has 0 saturated carbocycles. The van der Waals surface area contributed by atoms with Crippen LogP contribution in [-0.4, -0.2) is 51.4 Å². The molecular weight excluding hydrogens is 741 g/mol. The van der Waals surface area contributed by atoms with Crippen molar-refractivity contribution in [2.75, 3.05) is 19.7 Å². The standard InChI is InChI=1S/C31H63NO.C15H30O2.C7H11N3/c1-4-6-8-10-12-14-16-18-20-22-24-26-28-30-32(31(3)33)29-27-25-23-21-19-17-15-13-11-9-7-5-2;1-3-4-5-6-7-8-9-10-11-12-13-14-17-15(2)16;1-4-7-9-5(2)8-6(3)10-7/h4-30H2,1-3H3;3-14H2,1-2H3;4H2,1-3H3. The van der Waals surface area contributed by atoms with Crippen LogP contribution in [0.15, 0.2) is 0 Å². The van der Waals surface area contributed by atoms with Gasteiger partial charge in [0.05, 0.1) is 6.61 Å². The predicted octanol–water partition coefficient (Wildman–Crippen LogP) is 16.5. The molecule has 7 nitrogen and oxygen atoms in total. The molecule has 0 saturated heterocycles. The lowest BCUT2D eigenvalue weighted by atomic mass is 10.0. The molecule has 0 bridgehead atoms. The van der Waals surface area contributed by atoms with Crippen molar-refractivity contribution in [3.63, 3.8) is 0 Å². The first-order valence-electron chi connectivity index (χ1n) is 26.3. The van der Waals surface area contributed by atoms with Crippen molar-refractivity contribution >= 4 is 11.9 Å². The predicted molar refractivity (Wildman–Crippen MR) is 261 cm³/mol. The molecule has 0 unspecified atom stereocenters. The third kappa shape index (κ3) is 48.6. The molecule has 1 heterocycles. The van der Waals surface area contributed by atoms with Gasteiger partial charge in [0.1, 0.15) is 17.5 Å². The molecular formula is C53H104N4O3. The van der Waals surface area contributed by atoms with Gasteiger partial charge in [-0.1, -0.05) is 240 Å². The lowest BCUT2D eigenvalue weighted by Gasteiger charge is -2.21. The van der Waals surface area contributed by atoms with E-state index < -0.39 is 0 Å². The van der Waals surface area contributed by atoms with Gasteiger partial charge in [-0.15, -0.1) is 0 Å². The Bertz CT molecular complexity index is 1020. The summed E-state index contributed by atoms with van der Waals surface area (Å²) in [5, 5.41) is 0. The van der Waals surface area contributed by atoms with Crippen molar-refractivity contribution < 1.29 is 14.3 Å². The normalized spacial score (nSPS) is 10.8. The summed E-state index contributed by atoms with van der Waals surface area (Å²) in [7, 11) is 0.